The second-order valence-electron chi connectivity index (χ2n) is 6.73. The van der Waals surface area contributed by atoms with Crippen LogP contribution in [0.15, 0.2) is 4.99 Å². The third kappa shape index (κ3) is 2.92. The number of benzene rings is 1. The molecule has 1 aliphatic rings. The maximum Gasteiger partial charge on any atom is 0.255 e. The monoisotopic (exact) mass is 333 g/mol. The van der Waals surface area contributed by atoms with E-state index in [2.05, 4.69) is 4.99 Å². The van der Waals surface area contributed by atoms with Crippen LogP contribution in [0.1, 0.15) is 42.5 Å². The number of fused-ring (bicyclic) bond motifs is 1. The van der Waals surface area contributed by atoms with E-state index in [0.717, 1.165) is 40.2 Å². The minimum atomic E-state index is -0.652. The Balaban J connectivity index is 2.45. The first-order valence-corrected chi connectivity index (χ1v) is 8.11. The number of amides is 1. The lowest BCUT2D eigenvalue weighted by atomic mass is 9.80. The summed E-state index contributed by atoms with van der Waals surface area (Å²) in [5.41, 5.74) is 14.3. The summed E-state index contributed by atoms with van der Waals surface area (Å²) in [7, 11) is 1.69. The summed E-state index contributed by atoms with van der Waals surface area (Å²) in [5, 5.41) is 0. The number of rotatable bonds is 3. The van der Waals surface area contributed by atoms with E-state index < -0.39 is 11.5 Å². The molecule has 6 heteroatoms. The normalized spacial score (nSPS) is 20.6. The summed E-state index contributed by atoms with van der Waals surface area (Å²) in [4.78, 5) is 15.9. The molecule has 1 aromatic carbocycles. The molecule has 2 atom stereocenters. The fourth-order valence-electron chi connectivity index (χ4n) is 3.35. The lowest BCUT2D eigenvalue weighted by Gasteiger charge is -2.40. The van der Waals surface area contributed by atoms with Gasteiger partial charge >= 0.3 is 0 Å². The van der Waals surface area contributed by atoms with Gasteiger partial charge in [-0.3, -0.25) is 4.79 Å². The molecule has 0 spiro atoms. The van der Waals surface area contributed by atoms with Gasteiger partial charge in [0.15, 0.2) is 5.96 Å². The van der Waals surface area contributed by atoms with Crippen molar-refractivity contribution < 1.29 is 14.3 Å². The van der Waals surface area contributed by atoms with Crippen LogP contribution in [0.5, 0.6) is 11.5 Å². The van der Waals surface area contributed by atoms with E-state index in [4.69, 9.17) is 20.9 Å². The number of hydrogen-bond acceptors (Lipinski definition) is 3. The molecule has 0 fully saturated rings. The Morgan fingerprint density at radius 1 is 1.25 bits per heavy atom. The fraction of sp³-hybridized carbons (Fsp3) is 0.556. The van der Waals surface area contributed by atoms with Gasteiger partial charge in [0.05, 0.1) is 13.0 Å². The van der Waals surface area contributed by atoms with Gasteiger partial charge in [-0.15, -0.1) is 0 Å². The molecular weight excluding hydrogens is 306 g/mol. The number of carbonyl (C=O) groups is 1. The Bertz CT molecular complexity index is 708. The molecular formula is C18H27N3O3. The highest BCUT2D eigenvalue weighted by Crippen LogP contribution is 2.45. The zero-order valence-electron chi connectivity index (χ0n) is 15.3. The summed E-state index contributed by atoms with van der Waals surface area (Å²) in [6.45, 7) is 9.83. The fourth-order valence-corrected chi connectivity index (χ4v) is 3.35. The Morgan fingerprint density at radius 3 is 2.42 bits per heavy atom. The molecule has 0 bridgehead atoms. The van der Waals surface area contributed by atoms with Crippen LogP contribution in [-0.2, 0) is 11.2 Å². The number of hydrogen-bond donors (Lipinski definition) is 2. The molecule has 0 aliphatic carbocycles. The highest BCUT2D eigenvalue weighted by Gasteiger charge is 2.42. The molecule has 0 aromatic heterocycles. The van der Waals surface area contributed by atoms with Crippen LogP contribution in [0.25, 0.3) is 0 Å². The quantitative estimate of drug-likeness (QED) is 0.652. The summed E-state index contributed by atoms with van der Waals surface area (Å²) >= 11 is 0. The molecule has 1 aromatic rings. The molecule has 1 amide bonds. The predicted molar refractivity (Wildman–Crippen MR) is 94.5 cm³/mol. The van der Waals surface area contributed by atoms with Gasteiger partial charge in [0.2, 0.25) is 0 Å². The topological polar surface area (TPSA) is 99.9 Å². The maximum absolute atomic E-state index is 12.2. The van der Waals surface area contributed by atoms with Crippen molar-refractivity contribution in [2.45, 2.75) is 53.1 Å². The molecule has 0 radical (unpaired) electrons. The Labute approximate surface area is 143 Å². The number of methoxy groups -OCH3 is 1. The molecule has 2 unspecified atom stereocenters. The highest BCUT2D eigenvalue weighted by atomic mass is 16.5. The van der Waals surface area contributed by atoms with E-state index in [1.165, 1.54) is 0 Å². The van der Waals surface area contributed by atoms with Crippen molar-refractivity contribution in [3.8, 4) is 11.5 Å². The maximum atomic E-state index is 12.2. The van der Waals surface area contributed by atoms with Crippen molar-refractivity contribution in [3.63, 3.8) is 0 Å². The molecule has 0 saturated heterocycles. The third-order valence-corrected chi connectivity index (χ3v) is 5.25. The zero-order chi connectivity index (χ0) is 18.2. The standard InChI is InChI=1S/C18H27N3O3/c1-9-10(2)15-13(11(3)14(9)23-6)7-8-18(5,24-15)12(4)16(22)21-17(19)20/h12H,7-8H2,1-6H3,(H4,19,20,21,22). The molecule has 132 valence electrons. The van der Waals surface area contributed by atoms with E-state index in [-0.39, 0.29) is 11.9 Å². The minimum Gasteiger partial charge on any atom is -0.496 e. The van der Waals surface area contributed by atoms with Gasteiger partial charge in [0.25, 0.3) is 5.91 Å². The molecule has 24 heavy (non-hydrogen) atoms. The SMILES string of the molecule is COc1c(C)c(C)c2c(c1C)CCC(C)(C(C)C(=O)N=C(N)N)O2. The van der Waals surface area contributed by atoms with Gasteiger partial charge in [0.1, 0.15) is 17.1 Å². The van der Waals surface area contributed by atoms with E-state index in [1.54, 1.807) is 14.0 Å². The summed E-state index contributed by atoms with van der Waals surface area (Å²) in [6.07, 6.45) is 1.52. The summed E-state index contributed by atoms with van der Waals surface area (Å²) in [6, 6.07) is 0. The second kappa shape index (κ2) is 6.34. The van der Waals surface area contributed by atoms with Crippen LogP contribution in [-0.4, -0.2) is 24.6 Å². The molecule has 4 N–H and O–H groups in total. The van der Waals surface area contributed by atoms with Gasteiger partial charge < -0.3 is 20.9 Å². The van der Waals surface area contributed by atoms with Crippen LogP contribution >= 0.6 is 0 Å². The van der Waals surface area contributed by atoms with Crippen molar-refractivity contribution in [2.24, 2.45) is 22.4 Å². The number of ether oxygens (including phenoxy) is 2. The van der Waals surface area contributed by atoms with E-state index in [0.29, 0.717) is 6.42 Å². The first-order chi connectivity index (χ1) is 11.1. The number of nitrogens with two attached hydrogens (primary N) is 2. The predicted octanol–water partition coefficient (Wildman–Crippen LogP) is 2.14. The summed E-state index contributed by atoms with van der Waals surface area (Å²) in [5.74, 6) is 0.724. The van der Waals surface area contributed by atoms with Gasteiger partial charge in [0, 0.05) is 5.56 Å². The Kier molecular flexibility index (Phi) is 4.78. The number of aliphatic imine (C=N–C) groups is 1. The van der Waals surface area contributed by atoms with Crippen molar-refractivity contribution >= 4 is 11.9 Å². The smallest absolute Gasteiger partial charge is 0.255 e. The van der Waals surface area contributed by atoms with E-state index in [9.17, 15) is 4.79 Å². The summed E-state index contributed by atoms with van der Waals surface area (Å²) < 4.78 is 11.9. The highest BCUT2D eigenvalue weighted by molar-refractivity contribution is 5.93. The molecule has 1 heterocycles. The largest absolute Gasteiger partial charge is 0.496 e. The third-order valence-electron chi connectivity index (χ3n) is 5.25. The minimum absolute atomic E-state index is 0.223. The Hall–Kier alpha value is -2.24. The van der Waals surface area contributed by atoms with Crippen molar-refractivity contribution in [2.75, 3.05) is 7.11 Å². The van der Waals surface area contributed by atoms with Gasteiger partial charge in [-0.1, -0.05) is 0 Å². The second-order valence-corrected chi connectivity index (χ2v) is 6.73. The Morgan fingerprint density at radius 2 is 1.88 bits per heavy atom. The first-order valence-electron chi connectivity index (χ1n) is 8.11. The van der Waals surface area contributed by atoms with E-state index in [1.807, 2.05) is 27.7 Å². The van der Waals surface area contributed by atoms with Crippen LogP contribution < -0.4 is 20.9 Å². The zero-order valence-corrected chi connectivity index (χ0v) is 15.3. The number of carbonyl (C=O) groups excluding carboxylic acids is 1. The van der Waals surface area contributed by atoms with Crippen LogP contribution in [0, 0.1) is 26.7 Å². The van der Waals surface area contributed by atoms with Crippen LogP contribution in [0.3, 0.4) is 0 Å². The molecule has 6 nitrogen and oxygen atoms in total. The van der Waals surface area contributed by atoms with Gasteiger partial charge in [-0.2, -0.15) is 4.99 Å². The molecule has 1 aliphatic heterocycles. The van der Waals surface area contributed by atoms with Crippen LogP contribution in [0.4, 0.5) is 0 Å². The van der Waals surface area contributed by atoms with Gasteiger partial charge in [-0.05, 0) is 64.2 Å². The van der Waals surface area contributed by atoms with Gasteiger partial charge in [-0.25, -0.2) is 0 Å². The number of nitrogens with zero attached hydrogens (tertiary/aromatic N) is 1. The molecule has 2 rings (SSSR count). The first kappa shape index (κ1) is 18.1. The van der Waals surface area contributed by atoms with Crippen molar-refractivity contribution in [3.05, 3.63) is 22.3 Å². The van der Waals surface area contributed by atoms with Crippen molar-refractivity contribution in [1.29, 1.82) is 0 Å². The van der Waals surface area contributed by atoms with E-state index >= 15 is 0 Å². The lowest BCUT2D eigenvalue weighted by molar-refractivity contribution is -0.128. The average molecular weight is 333 g/mol. The van der Waals surface area contributed by atoms with Crippen molar-refractivity contribution in [1.82, 2.24) is 0 Å². The average Bonchev–Trinajstić information content (AvgIpc) is 2.51. The lowest BCUT2D eigenvalue weighted by Crippen LogP contribution is -2.46. The number of guanidine groups is 1. The van der Waals surface area contributed by atoms with Crippen LogP contribution in [0.2, 0.25) is 0 Å². The molecule has 0 saturated carbocycles.